The first-order valence-corrected chi connectivity index (χ1v) is 18.7. The quantitative estimate of drug-likeness (QED) is 0.171. The molecule has 0 atom stereocenters. The SMILES string of the molecule is c1ccc(-c2ccc(-c3nc(-c4ccccc4)nc(-c4cccc5c4oc4cc(-c6cc(-c7ccccc7)c7oc8ccccc8c7c6)ccc45)n3)cc2)cc1. The molecule has 11 rings (SSSR count). The summed E-state index contributed by atoms with van der Waals surface area (Å²) >= 11 is 0. The highest BCUT2D eigenvalue weighted by Gasteiger charge is 2.20. The van der Waals surface area contributed by atoms with Gasteiger partial charge in [0.15, 0.2) is 17.5 Å². The highest BCUT2D eigenvalue weighted by Crippen LogP contribution is 2.42. The summed E-state index contributed by atoms with van der Waals surface area (Å²) in [6.45, 7) is 0. The van der Waals surface area contributed by atoms with Crippen LogP contribution in [-0.4, -0.2) is 15.0 Å². The Kier molecular flexibility index (Phi) is 7.42. The topological polar surface area (TPSA) is 65.0 Å². The van der Waals surface area contributed by atoms with Crippen molar-refractivity contribution in [3.05, 3.63) is 188 Å². The number of benzene rings is 8. The van der Waals surface area contributed by atoms with Crippen molar-refractivity contribution in [1.82, 2.24) is 15.0 Å². The van der Waals surface area contributed by atoms with Crippen LogP contribution in [0.15, 0.2) is 197 Å². The van der Waals surface area contributed by atoms with Crippen LogP contribution in [0, 0.1) is 0 Å². The number of aromatic nitrogens is 3. The Bertz CT molecular complexity index is 3220. The van der Waals surface area contributed by atoms with E-state index < -0.39 is 0 Å². The molecule has 3 aromatic heterocycles. The molecule has 0 amide bonds. The van der Waals surface area contributed by atoms with Crippen molar-refractivity contribution in [2.24, 2.45) is 0 Å². The molecule has 0 saturated carbocycles. The lowest BCUT2D eigenvalue weighted by Crippen LogP contribution is -2.00. The Morgan fingerprint density at radius 3 is 1.54 bits per heavy atom. The van der Waals surface area contributed by atoms with Gasteiger partial charge in [-0.2, -0.15) is 0 Å². The molecule has 0 unspecified atom stereocenters. The highest BCUT2D eigenvalue weighted by molar-refractivity contribution is 6.13. The summed E-state index contributed by atoms with van der Waals surface area (Å²) < 4.78 is 13.3. The van der Waals surface area contributed by atoms with Crippen LogP contribution in [0.4, 0.5) is 0 Å². The zero-order chi connectivity index (χ0) is 37.0. The standard InChI is InChI=1S/C51H31N3O2/c1-4-13-32(14-5-1)33-23-25-36(26-24-33)50-52-49(35-17-8-3-9-18-35)53-51(54-50)42-21-12-20-41-40-28-27-37(31-46(40)56-47(41)42)38-29-43(34-15-6-2-7-16-34)48-44(30-38)39-19-10-11-22-45(39)55-48/h1-31H. The number of hydrogen-bond acceptors (Lipinski definition) is 5. The molecule has 262 valence electrons. The number of fused-ring (bicyclic) bond motifs is 6. The molecule has 0 saturated heterocycles. The van der Waals surface area contributed by atoms with Crippen molar-refractivity contribution in [1.29, 1.82) is 0 Å². The van der Waals surface area contributed by atoms with E-state index in [-0.39, 0.29) is 0 Å². The lowest BCUT2D eigenvalue weighted by molar-refractivity contribution is 0.669. The lowest BCUT2D eigenvalue weighted by atomic mass is 9.95. The molecule has 0 aliphatic rings. The van der Waals surface area contributed by atoms with E-state index in [4.69, 9.17) is 23.8 Å². The van der Waals surface area contributed by atoms with Gasteiger partial charge in [0.05, 0.1) is 5.56 Å². The van der Waals surface area contributed by atoms with Gasteiger partial charge in [-0.1, -0.05) is 152 Å². The number of nitrogens with zero attached hydrogens (tertiary/aromatic N) is 3. The molecule has 5 nitrogen and oxygen atoms in total. The molecule has 5 heteroatoms. The van der Waals surface area contributed by atoms with E-state index in [0.717, 1.165) is 93.9 Å². The number of rotatable bonds is 6. The minimum absolute atomic E-state index is 0.552. The van der Waals surface area contributed by atoms with Gasteiger partial charge in [0.25, 0.3) is 0 Å². The van der Waals surface area contributed by atoms with Crippen LogP contribution in [0.1, 0.15) is 0 Å². The van der Waals surface area contributed by atoms with Gasteiger partial charge >= 0.3 is 0 Å². The largest absolute Gasteiger partial charge is 0.455 e. The molecule has 56 heavy (non-hydrogen) atoms. The van der Waals surface area contributed by atoms with Crippen molar-refractivity contribution in [3.63, 3.8) is 0 Å². The number of para-hydroxylation sites is 2. The zero-order valence-electron chi connectivity index (χ0n) is 30.1. The normalized spacial score (nSPS) is 11.6. The van der Waals surface area contributed by atoms with Crippen LogP contribution in [0.5, 0.6) is 0 Å². The molecule has 3 heterocycles. The van der Waals surface area contributed by atoms with Gasteiger partial charge in [0, 0.05) is 38.2 Å². The monoisotopic (exact) mass is 717 g/mol. The second kappa shape index (κ2) is 13.0. The Labute approximate surface area is 322 Å². The predicted octanol–water partition coefficient (Wildman–Crippen LogP) is 13.7. The van der Waals surface area contributed by atoms with Gasteiger partial charge in [-0.25, -0.2) is 15.0 Å². The van der Waals surface area contributed by atoms with E-state index in [0.29, 0.717) is 17.5 Å². The summed E-state index contributed by atoms with van der Waals surface area (Å²) in [7, 11) is 0. The zero-order valence-corrected chi connectivity index (χ0v) is 30.1. The van der Waals surface area contributed by atoms with E-state index in [1.54, 1.807) is 0 Å². The molecule has 0 spiro atoms. The number of hydrogen-bond donors (Lipinski definition) is 0. The van der Waals surface area contributed by atoms with Gasteiger partial charge in [-0.15, -0.1) is 0 Å². The molecule has 0 radical (unpaired) electrons. The maximum Gasteiger partial charge on any atom is 0.167 e. The van der Waals surface area contributed by atoms with E-state index in [2.05, 4.69) is 121 Å². The Hall–Kier alpha value is -7.63. The first-order chi connectivity index (χ1) is 27.7. The van der Waals surface area contributed by atoms with Crippen molar-refractivity contribution in [2.45, 2.75) is 0 Å². The van der Waals surface area contributed by atoms with Crippen LogP contribution >= 0.6 is 0 Å². The minimum atomic E-state index is 0.552. The first-order valence-electron chi connectivity index (χ1n) is 18.7. The van der Waals surface area contributed by atoms with Crippen molar-refractivity contribution in [3.8, 4) is 67.5 Å². The molecule has 0 fully saturated rings. The van der Waals surface area contributed by atoms with E-state index >= 15 is 0 Å². The second-order valence-corrected chi connectivity index (χ2v) is 14.0. The van der Waals surface area contributed by atoms with Crippen LogP contribution in [0.3, 0.4) is 0 Å². The molecule has 8 aromatic carbocycles. The smallest absolute Gasteiger partial charge is 0.167 e. The Balaban J connectivity index is 1.05. The molecular weight excluding hydrogens is 687 g/mol. The van der Waals surface area contributed by atoms with Gasteiger partial charge < -0.3 is 8.83 Å². The average Bonchev–Trinajstić information content (AvgIpc) is 3.85. The summed E-state index contributed by atoms with van der Waals surface area (Å²) in [6.07, 6.45) is 0. The Morgan fingerprint density at radius 2 is 0.786 bits per heavy atom. The third-order valence-corrected chi connectivity index (χ3v) is 10.6. The first kappa shape index (κ1) is 31.9. The summed E-state index contributed by atoms with van der Waals surface area (Å²) in [5, 5.41) is 4.20. The summed E-state index contributed by atoms with van der Waals surface area (Å²) in [5.41, 5.74) is 12.5. The van der Waals surface area contributed by atoms with Crippen molar-refractivity contribution < 1.29 is 8.83 Å². The van der Waals surface area contributed by atoms with E-state index in [9.17, 15) is 0 Å². The summed E-state index contributed by atoms with van der Waals surface area (Å²) in [4.78, 5) is 15.1. The maximum absolute atomic E-state index is 6.79. The molecule has 0 aliphatic carbocycles. The lowest BCUT2D eigenvalue weighted by Gasteiger charge is -2.09. The Morgan fingerprint density at radius 1 is 0.268 bits per heavy atom. The summed E-state index contributed by atoms with van der Waals surface area (Å²) in [6, 6.07) is 64.5. The highest BCUT2D eigenvalue weighted by atomic mass is 16.3. The van der Waals surface area contributed by atoms with Gasteiger partial charge in [-0.05, 0) is 64.2 Å². The minimum Gasteiger partial charge on any atom is -0.455 e. The molecule has 0 bridgehead atoms. The third-order valence-electron chi connectivity index (χ3n) is 10.6. The van der Waals surface area contributed by atoms with Crippen molar-refractivity contribution >= 4 is 43.9 Å². The van der Waals surface area contributed by atoms with Crippen LogP contribution < -0.4 is 0 Å². The fraction of sp³-hybridized carbons (Fsp3) is 0. The van der Waals surface area contributed by atoms with Crippen LogP contribution in [0.2, 0.25) is 0 Å². The summed E-state index contributed by atoms with van der Waals surface area (Å²) in [5.74, 6) is 1.75. The second-order valence-electron chi connectivity index (χ2n) is 14.0. The van der Waals surface area contributed by atoms with Gasteiger partial charge in [0.2, 0.25) is 0 Å². The fourth-order valence-electron chi connectivity index (χ4n) is 7.76. The van der Waals surface area contributed by atoms with Crippen molar-refractivity contribution in [2.75, 3.05) is 0 Å². The molecule has 0 aliphatic heterocycles. The van der Waals surface area contributed by atoms with Crippen LogP contribution in [0.25, 0.3) is 111 Å². The van der Waals surface area contributed by atoms with Crippen LogP contribution in [-0.2, 0) is 0 Å². The van der Waals surface area contributed by atoms with E-state index in [1.807, 2.05) is 66.7 Å². The van der Waals surface area contributed by atoms with Gasteiger partial charge in [0.1, 0.15) is 22.3 Å². The third kappa shape index (κ3) is 5.45. The average molecular weight is 718 g/mol. The molecular formula is C51H31N3O2. The fourth-order valence-corrected chi connectivity index (χ4v) is 7.76. The van der Waals surface area contributed by atoms with Gasteiger partial charge in [-0.3, -0.25) is 0 Å². The van der Waals surface area contributed by atoms with E-state index in [1.165, 1.54) is 0 Å². The molecule has 0 N–H and O–H groups in total. The predicted molar refractivity (Wildman–Crippen MR) is 227 cm³/mol. The number of furan rings is 2. The maximum atomic E-state index is 6.79. The molecule has 11 aromatic rings.